The molecule has 0 saturated carbocycles. The zero-order chi connectivity index (χ0) is 16.4. The van der Waals surface area contributed by atoms with Crippen LogP contribution in [0.2, 0.25) is 0 Å². The van der Waals surface area contributed by atoms with Crippen LogP contribution in [0.4, 0.5) is 5.69 Å². The molecule has 6 heteroatoms. The van der Waals surface area contributed by atoms with Crippen LogP contribution in [0.3, 0.4) is 0 Å². The Morgan fingerprint density at radius 1 is 1.39 bits per heavy atom. The maximum absolute atomic E-state index is 12.5. The number of amides is 2. The minimum absolute atomic E-state index is 0.0323. The minimum Gasteiger partial charge on any atom is -0.495 e. The van der Waals surface area contributed by atoms with E-state index >= 15 is 0 Å². The van der Waals surface area contributed by atoms with Crippen molar-refractivity contribution in [2.24, 2.45) is 0 Å². The van der Waals surface area contributed by atoms with Crippen LogP contribution in [0, 0.1) is 6.92 Å². The molecule has 0 radical (unpaired) electrons. The van der Waals surface area contributed by atoms with Crippen LogP contribution in [0.15, 0.2) is 18.2 Å². The molecule has 2 bridgehead atoms. The monoisotopic (exact) mass is 318 g/mol. The summed E-state index contributed by atoms with van der Waals surface area (Å²) in [6.07, 6.45) is 2.61. The van der Waals surface area contributed by atoms with Gasteiger partial charge in [-0.15, -0.1) is 0 Å². The molecule has 2 fully saturated rings. The fourth-order valence-corrected chi connectivity index (χ4v) is 3.69. The van der Waals surface area contributed by atoms with Gasteiger partial charge in [-0.3, -0.25) is 9.59 Å². The number of fused-ring (bicyclic) bond motifs is 2. The lowest BCUT2D eigenvalue weighted by Gasteiger charge is -2.23. The molecule has 3 rings (SSSR count). The van der Waals surface area contributed by atoms with Gasteiger partial charge in [0.05, 0.1) is 31.8 Å². The number of rotatable bonds is 4. The second kappa shape index (κ2) is 6.58. The Balaban J connectivity index is 1.68. The summed E-state index contributed by atoms with van der Waals surface area (Å²) in [7, 11) is 1.60. The van der Waals surface area contributed by atoms with Gasteiger partial charge in [0.2, 0.25) is 5.91 Å². The summed E-state index contributed by atoms with van der Waals surface area (Å²) in [5.41, 5.74) is 1.77. The summed E-state index contributed by atoms with van der Waals surface area (Å²) in [5.74, 6) is 0.736. The Hall–Kier alpha value is -2.08. The average molecular weight is 318 g/mol. The maximum Gasteiger partial charge on any atom is 0.279 e. The highest BCUT2D eigenvalue weighted by Gasteiger charge is 2.42. The van der Waals surface area contributed by atoms with Crippen molar-refractivity contribution in [2.75, 3.05) is 25.5 Å². The van der Waals surface area contributed by atoms with Crippen molar-refractivity contribution in [2.45, 2.75) is 38.3 Å². The highest BCUT2D eigenvalue weighted by molar-refractivity contribution is 5.93. The molecule has 2 heterocycles. The predicted octanol–water partition coefficient (Wildman–Crippen LogP) is -0.122. The van der Waals surface area contributed by atoms with Gasteiger partial charge in [-0.05, 0) is 24.6 Å². The third kappa shape index (κ3) is 3.47. The molecule has 2 aliphatic rings. The zero-order valence-electron chi connectivity index (χ0n) is 13.6. The van der Waals surface area contributed by atoms with E-state index < -0.39 is 0 Å². The first-order valence-electron chi connectivity index (χ1n) is 8.13. The maximum atomic E-state index is 12.5. The van der Waals surface area contributed by atoms with Crippen molar-refractivity contribution in [3.63, 3.8) is 0 Å². The normalized spacial score (nSPS) is 26.3. The van der Waals surface area contributed by atoms with E-state index in [1.165, 1.54) is 4.90 Å². The predicted molar refractivity (Wildman–Crippen MR) is 86.6 cm³/mol. The lowest BCUT2D eigenvalue weighted by molar-refractivity contribution is -0.925. The number of methoxy groups -OCH3 is 1. The lowest BCUT2D eigenvalue weighted by Crippen LogP contribution is -3.18. The number of anilines is 1. The fraction of sp³-hybridized carbons (Fsp3) is 0.529. The molecule has 2 amide bonds. The summed E-state index contributed by atoms with van der Waals surface area (Å²) in [6, 6.07) is 6.32. The van der Waals surface area contributed by atoms with E-state index in [0.717, 1.165) is 18.4 Å². The molecule has 3 atom stereocenters. The van der Waals surface area contributed by atoms with Crippen molar-refractivity contribution >= 4 is 17.5 Å². The number of carbonyl (C=O) groups excluding carboxylic acids is 2. The van der Waals surface area contributed by atoms with Gasteiger partial charge in [-0.2, -0.15) is 0 Å². The molecule has 23 heavy (non-hydrogen) atoms. The number of benzene rings is 1. The van der Waals surface area contributed by atoms with Crippen molar-refractivity contribution in [3.05, 3.63) is 23.8 Å². The summed E-state index contributed by atoms with van der Waals surface area (Å²) in [4.78, 5) is 25.4. The number of hydrogen-bond donors (Lipinski definition) is 3. The van der Waals surface area contributed by atoms with E-state index in [0.29, 0.717) is 37.0 Å². The van der Waals surface area contributed by atoms with Crippen LogP contribution < -0.4 is 20.3 Å². The van der Waals surface area contributed by atoms with Gasteiger partial charge in [-0.1, -0.05) is 6.07 Å². The molecule has 0 aliphatic carbocycles. The smallest absolute Gasteiger partial charge is 0.279 e. The number of ether oxygens (including phenoxy) is 1. The third-order valence-corrected chi connectivity index (χ3v) is 4.88. The first-order chi connectivity index (χ1) is 11.1. The molecule has 3 N–H and O–H groups in total. The number of nitrogens with one attached hydrogen (secondary N) is 3. The molecule has 2 aliphatic heterocycles. The highest BCUT2D eigenvalue weighted by atomic mass is 16.5. The Kier molecular flexibility index (Phi) is 4.52. The van der Waals surface area contributed by atoms with Crippen LogP contribution in [0.25, 0.3) is 0 Å². The Bertz CT molecular complexity index is 617. The van der Waals surface area contributed by atoms with E-state index in [1.54, 1.807) is 7.11 Å². The van der Waals surface area contributed by atoms with Gasteiger partial charge < -0.3 is 20.3 Å². The Morgan fingerprint density at radius 3 is 2.96 bits per heavy atom. The van der Waals surface area contributed by atoms with Crippen LogP contribution in [0.1, 0.15) is 24.8 Å². The Labute approximate surface area is 136 Å². The lowest BCUT2D eigenvalue weighted by atomic mass is 10.1. The van der Waals surface area contributed by atoms with E-state index in [-0.39, 0.29) is 17.9 Å². The third-order valence-electron chi connectivity index (χ3n) is 4.88. The van der Waals surface area contributed by atoms with Gasteiger partial charge in [0.1, 0.15) is 11.8 Å². The van der Waals surface area contributed by atoms with Crippen LogP contribution >= 0.6 is 0 Å². The fourth-order valence-electron chi connectivity index (χ4n) is 3.69. The summed E-state index contributed by atoms with van der Waals surface area (Å²) in [5, 5.41) is 5.90. The topological polar surface area (TPSA) is 71.9 Å². The first kappa shape index (κ1) is 15.8. The minimum atomic E-state index is -0.0323. The number of hydrogen-bond acceptors (Lipinski definition) is 3. The van der Waals surface area contributed by atoms with Crippen LogP contribution in [-0.4, -0.2) is 44.1 Å². The molecular weight excluding hydrogens is 294 g/mol. The molecule has 1 aromatic carbocycles. The largest absolute Gasteiger partial charge is 0.495 e. The van der Waals surface area contributed by atoms with Crippen molar-refractivity contribution < 1.29 is 19.2 Å². The first-order valence-corrected chi connectivity index (χ1v) is 8.13. The zero-order valence-corrected chi connectivity index (χ0v) is 13.6. The second-order valence-corrected chi connectivity index (χ2v) is 6.48. The van der Waals surface area contributed by atoms with Gasteiger partial charge in [0.25, 0.3) is 5.91 Å². The molecule has 1 unspecified atom stereocenters. The van der Waals surface area contributed by atoms with Gasteiger partial charge in [-0.25, -0.2) is 0 Å². The molecule has 1 aromatic rings. The van der Waals surface area contributed by atoms with Crippen molar-refractivity contribution in [1.82, 2.24) is 5.32 Å². The van der Waals surface area contributed by atoms with Crippen LogP contribution in [-0.2, 0) is 9.59 Å². The number of carbonyl (C=O) groups is 2. The standard InChI is InChI=1S/C17H23N3O3/c1-11-3-6-15(23-2)14(7-11)19-17(22)10-20-12-4-5-13(20)9-18-16(21)8-12/h3,6-7,12-13H,4-5,8-10H2,1-2H3,(H,18,21)(H,19,22)/p+1/t12-,13+/m0/s1. The van der Waals surface area contributed by atoms with E-state index in [2.05, 4.69) is 10.6 Å². The molecule has 2 saturated heterocycles. The van der Waals surface area contributed by atoms with Gasteiger partial charge >= 0.3 is 0 Å². The molecular formula is C17H24N3O3+. The molecule has 0 aromatic heterocycles. The van der Waals surface area contributed by atoms with E-state index in [9.17, 15) is 9.59 Å². The van der Waals surface area contributed by atoms with Gasteiger partial charge in [0, 0.05) is 12.8 Å². The number of aryl methyl sites for hydroxylation is 1. The second-order valence-electron chi connectivity index (χ2n) is 6.48. The SMILES string of the molecule is COc1ccc(C)cc1NC(=O)C[NH+]1[C@@H]2CC[C@H]1CC(=O)NC2. The summed E-state index contributed by atoms with van der Waals surface area (Å²) < 4.78 is 5.30. The molecule has 0 spiro atoms. The summed E-state index contributed by atoms with van der Waals surface area (Å²) >= 11 is 0. The van der Waals surface area contributed by atoms with Crippen molar-refractivity contribution in [3.8, 4) is 5.75 Å². The van der Waals surface area contributed by atoms with E-state index in [1.807, 2.05) is 25.1 Å². The van der Waals surface area contributed by atoms with E-state index in [4.69, 9.17) is 4.74 Å². The molecule has 6 nitrogen and oxygen atoms in total. The average Bonchev–Trinajstić information content (AvgIpc) is 2.78. The van der Waals surface area contributed by atoms with Crippen LogP contribution in [0.5, 0.6) is 5.75 Å². The number of quaternary nitrogens is 1. The highest BCUT2D eigenvalue weighted by Crippen LogP contribution is 2.25. The quantitative estimate of drug-likeness (QED) is 0.725. The van der Waals surface area contributed by atoms with Gasteiger partial charge in [0.15, 0.2) is 6.54 Å². The summed E-state index contributed by atoms with van der Waals surface area (Å²) in [6.45, 7) is 3.04. The molecule has 124 valence electrons. The van der Waals surface area contributed by atoms with Crippen molar-refractivity contribution in [1.29, 1.82) is 0 Å². The Morgan fingerprint density at radius 2 is 2.17 bits per heavy atom.